The van der Waals surface area contributed by atoms with E-state index < -0.39 is 0 Å². The maximum absolute atomic E-state index is 13.4. The Bertz CT molecular complexity index is 575. The first-order chi connectivity index (χ1) is 9.45. The molecule has 0 aliphatic rings. The molecule has 2 atom stereocenters. The van der Waals surface area contributed by atoms with Crippen LogP contribution in [0.5, 0.6) is 5.75 Å². The van der Waals surface area contributed by atoms with Crippen LogP contribution in [0, 0.1) is 19.7 Å². The average Bonchev–Trinajstić information content (AvgIpc) is 2.34. The molecule has 0 saturated carbocycles. The van der Waals surface area contributed by atoms with Gasteiger partial charge in [-0.15, -0.1) is 0 Å². The molecular weight excluding hydrogens is 253 g/mol. The number of nitrogens with two attached hydrogens (primary N) is 1. The zero-order chi connectivity index (χ0) is 14.7. The second kappa shape index (κ2) is 6.06. The summed E-state index contributed by atoms with van der Waals surface area (Å²) in [6.07, 6.45) is -0.369. The maximum atomic E-state index is 13.4. The molecular formula is C17H20FNO. The lowest BCUT2D eigenvalue weighted by Crippen LogP contribution is -2.29. The Labute approximate surface area is 119 Å². The molecule has 3 heteroatoms. The summed E-state index contributed by atoms with van der Waals surface area (Å²) in [7, 11) is 0. The Hall–Kier alpha value is -1.87. The third-order valence-electron chi connectivity index (χ3n) is 3.11. The fourth-order valence-corrected chi connectivity index (χ4v) is 2.31. The van der Waals surface area contributed by atoms with Crippen LogP contribution in [0.25, 0.3) is 0 Å². The van der Waals surface area contributed by atoms with Crippen molar-refractivity contribution in [3.8, 4) is 5.75 Å². The third kappa shape index (κ3) is 3.58. The van der Waals surface area contributed by atoms with Gasteiger partial charge in [0.05, 0.1) is 0 Å². The van der Waals surface area contributed by atoms with Crippen LogP contribution in [0.1, 0.15) is 29.7 Å². The summed E-state index contributed by atoms with van der Waals surface area (Å²) in [5.74, 6) is 0.478. The Morgan fingerprint density at radius 2 is 1.70 bits per heavy atom. The molecule has 0 aliphatic heterocycles. The van der Waals surface area contributed by atoms with E-state index in [-0.39, 0.29) is 18.0 Å². The summed E-state index contributed by atoms with van der Waals surface area (Å²) in [6.45, 7) is 5.89. The van der Waals surface area contributed by atoms with Gasteiger partial charge in [-0.2, -0.15) is 0 Å². The maximum Gasteiger partial charge on any atom is 0.139 e. The molecule has 106 valence electrons. The summed E-state index contributed by atoms with van der Waals surface area (Å²) >= 11 is 0. The van der Waals surface area contributed by atoms with Gasteiger partial charge in [-0.05, 0) is 61.7 Å². The van der Waals surface area contributed by atoms with Crippen molar-refractivity contribution in [1.29, 1.82) is 0 Å². The Balaban J connectivity index is 2.30. The van der Waals surface area contributed by atoms with Crippen molar-refractivity contribution >= 4 is 0 Å². The van der Waals surface area contributed by atoms with Crippen molar-refractivity contribution in [2.24, 2.45) is 5.73 Å². The predicted octanol–water partition coefficient (Wildman–Crippen LogP) is 3.91. The number of halogens is 1. The van der Waals surface area contributed by atoms with Crippen LogP contribution in [0.15, 0.2) is 42.5 Å². The van der Waals surface area contributed by atoms with Crippen molar-refractivity contribution in [2.45, 2.75) is 32.9 Å². The van der Waals surface area contributed by atoms with Gasteiger partial charge in [0.15, 0.2) is 0 Å². The standard InChI is InChI=1S/C17H20FNO/c1-11-7-12(2)9-16(8-11)20-17(13(3)19)14-5-4-6-15(18)10-14/h4-10,13,17H,19H2,1-3H3. The highest BCUT2D eigenvalue weighted by atomic mass is 19.1. The predicted molar refractivity (Wildman–Crippen MR) is 79.3 cm³/mol. The molecule has 2 unspecified atom stereocenters. The molecule has 20 heavy (non-hydrogen) atoms. The van der Waals surface area contributed by atoms with Crippen LogP contribution in [0.3, 0.4) is 0 Å². The fourth-order valence-electron chi connectivity index (χ4n) is 2.31. The number of benzene rings is 2. The summed E-state index contributed by atoms with van der Waals surface area (Å²) in [5.41, 5.74) is 9.00. The first-order valence-corrected chi connectivity index (χ1v) is 6.71. The van der Waals surface area contributed by atoms with Crippen molar-refractivity contribution in [1.82, 2.24) is 0 Å². The van der Waals surface area contributed by atoms with E-state index in [1.807, 2.05) is 39.0 Å². The molecule has 0 spiro atoms. The zero-order valence-corrected chi connectivity index (χ0v) is 12.1. The molecule has 0 aliphatic carbocycles. The largest absolute Gasteiger partial charge is 0.484 e. The van der Waals surface area contributed by atoms with Crippen LogP contribution in [0.2, 0.25) is 0 Å². The van der Waals surface area contributed by atoms with Crippen molar-refractivity contribution in [2.75, 3.05) is 0 Å². The summed E-state index contributed by atoms with van der Waals surface area (Å²) in [5, 5.41) is 0. The summed E-state index contributed by atoms with van der Waals surface area (Å²) < 4.78 is 19.3. The lowest BCUT2D eigenvalue weighted by atomic mass is 10.0. The molecule has 0 saturated heterocycles. The molecule has 2 N–H and O–H groups in total. The van der Waals surface area contributed by atoms with Crippen LogP contribution >= 0.6 is 0 Å². The number of ether oxygens (including phenoxy) is 1. The average molecular weight is 273 g/mol. The quantitative estimate of drug-likeness (QED) is 0.916. The zero-order valence-electron chi connectivity index (χ0n) is 12.1. The molecule has 0 fully saturated rings. The van der Waals surface area contributed by atoms with Gasteiger partial charge < -0.3 is 10.5 Å². The highest BCUT2D eigenvalue weighted by Gasteiger charge is 2.19. The van der Waals surface area contributed by atoms with Gasteiger partial charge in [-0.25, -0.2) is 4.39 Å². The number of hydrogen-bond acceptors (Lipinski definition) is 2. The molecule has 0 heterocycles. The minimum Gasteiger partial charge on any atom is -0.484 e. The van der Waals surface area contributed by atoms with E-state index in [1.54, 1.807) is 6.07 Å². The first kappa shape index (κ1) is 14.5. The van der Waals surface area contributed by atoms with E-state index in [0.29, 0.717) is 0 Å². The first-order valence-electron chi connectivity index (χ1n) is 6.71. The number of aryl methyl sites for hydroxylation is 2. The summed E-state index contributed by atoms with van der Waals surface area (Å²) in [4.78, 5) is 0. The normalized spacial score (nSPS) is 13.8. The van der Waals surface area contributed by atoms with E-state index >= 15 is 0 Å². The van der Waals surface area contributed by atoms with E-state index in [4.69, 9.17) is 10.5 Å². The topological polar surface area (TPSA) is 35.2 Å². The van der Waals surface area contributed by atoms with E-state index in [9.17, 15) is 4.39 Å². The Morgan fingerprint density at radius 1 is 1.05 bits per heavy atom. The Kier molecular flexibility index (Phi) is 4.40. The van der Waals surface area contributed by atoms with Crippen molar-refractivity contribution < 1.29 is 9.13 Å². The molecule has 0 aromatic heterocycles. The van der Waals surface area contributed by atoms with Gasteiger partial charge in [0.25, 0.3) is 0 Å². The molecule has 0 amide bonds. The van der Waals surface area contributed by atoms with E-state index in [1.165, 1.54) is 12.1 Å². The van der Waals surface area contributed by atoms with Gasteiger partial charge in [0, 0.05) is 6.04 Å². The van der Waals surface area contributed by atoms with Crippen LogP contribution in [0.4, 0.5) is 4.39 Å². The van der Waals surface area contributed by atoms with Crippen LogP contribution in [-0.4, -0.2) is 6.04 Å². The van der Waals surface area contributed by atoms with Gasteiger partial charge in [-0.3, -0.25) is 0 Å². The van der Waals surface area contributed by atoms with E-state index in [0.717, 1.165) is 22.4 Å². The van der Waals surface area contributed by atoms with Gasteiger partial charge in [0.1, 0.15) is 17.7 Å². The summed E-state index contributed by atoms with van der Waals surface area (Å²) in [6, 6.07) is 12.1. The molecule has 0 bridgehead atoms. The smallest absolute Gasteiger partial charge is 0.139 e. The second-order valence-electron chi connectivity index (χ2n) is 5.28. The minimum absolute atomic E-state index is 0.238. The SMILES string of the molecule is Cc1cc(C)cc(OC(c2cccc(F)c2)C(C)N)c1. The fraction of sp³-hybridized carbons (Fsp3) is 0.294. The third-order valence-corrected chi connectivity index (χ3v) is 3.11. The molecule has 2 aromatic rings. The monoisotopic (exact) mass is 273 g/mol. The van der Waals surface area contributed by atoms with E-state index in [2.05, 4.69) is 6.07 Å². The van der Waals surface area contributed by atoms with Gasteiger partial charge in [0.2, 0.25) is 0 Å². The van der Waals surface area contributed by atoms with Crippen molar-refractivity contribution in [3.63, 3.8) is 0 Å². The van der Waals surface area contributed by atoms with Crippen LogP contribution in [-0.2, 0) is 0 Å². The highest BCUT2D eigenvalue weighted by molar-refractivity contribution is 5.34. The number of hydrogen-bond donors (Lipinski definition) is 1. The lowest BCUT2D eigenvalue weighted by molar-refractivity contribution is 0.180. The number of rotatable bonds is 4. The van der Waals surface area contributed by atoms with Crippen molar-refractivity contribution in [3.05, 3.63) is 65.0 Å². The Morgan fingerprint density at radius 3 is 2.25 bits per heavy atom. The molecule has 2 rings (SSSR count). The molecule has 2 nitrogen and oxygen atoms in total. The van der Waals surface area contributed by atoms with Gasteiger partial charge >= 0.3 is 0 Å². The highest BCUT2D eigenvalue weighted by Crippen LogP contribution is 2.26. The molecule has 2 aromatic carbocycles. The van der Waals surface area contributed by atoms with Crippen LogP contribution < -0.4 is 10.5 Å². The minimum atomic E-state index is -0.369. The molecule has 0 radical (unpaired) electrons. The van der Waals surface area contributed by atoms with Gasteiger partial charge in [-0.1, -0.05) is 18.2 Å². The second-order valence-corrected chi connectivity index (χ2v) is 5.28. The lowest BCUT2D eigenvalue weighted by Gasteiger charge is -2.23.